The van der Waals surface area contributed by atoms with Gasteiger partial charge in [0, 0.05) is 33.4 Å². The van der Waals surface area contributed by atoms with Gasteiger partial charge in [0.25, 0.3) is 5.91 Å². The third-order valence-electron chi connectivity index (χ3n) is 4.80. The molecule has 0 N–H and O–H groups in total. The van der Waals surface area contributed by atoms with Crippen LogP contribution in [0, 0.1) is 12.7 Å². The van der Waals surface area contributed by atoms with Gasteiger partial charge in [0.05, 0.1) is 22.2 Å². The van der Waals surface area contributed by atoms with E-state index in [1.807, 2.05) is 0 Å². The first-order valence-electron chi connectivity index (χ1n) is 8.73. The van der Waals surface area contributed by atoms with E-state index in [1.54, 1.807) is 30.2 Å². The zero-order chi connectivity index (χ0) is 19.8. The number of hydrogen-bond acceptors (Lipinski definition) is 4. The zero-order valence-corrected chi connectivity index (χ0v) is 16.4. The molecule has 1 fully saturated rings. The molecule has 1 aliphatic heterocycles. The Morgan fingerprint density at radius 1 is 1.33 bits per heavy atom. The number of benzene rings is 1. The number of aryl methyl sites for hydroxylation is 1. The second-order valence-corrected chi connectivity index (χ2v) is 9.32. The van der Waals surface area contributed by atoms with Crippen LogP contribution in [-0.4, -0.2) is 65.7 Å². The third kappa shape index (κ3) is 3.89. The molecule has 27 heavy (non-hydrogen) atoms. The molecule has 0 spiro atoms. The second-order valence-electron chi connectivity index (χ2n) is 6.90. The van der Waals surface area contributed by atoms with E-state index in [1.165, 1.54) is 35.2 Å². The van der Waals surface area contributed by atoms with Gasteiger partial charge < -0.3 is 4.90 Å². The van der Waals surface area contributed by atoms with Crippen LogP contribution < -0.4 is 0 Å². The van der Waals surface area contributed by atoms with Crippen LogP contribution in [0.25, 0.3) is 5.69 Å². The van der Waals surface area contributed by atoms with Gasteiger partial charge in [-0.05, 0) is 38.0 Å². The van der Waals surface area contributed by atoms with E-state index in [-0.39, 0.29) is 18.3 Å². The van der Waals surface area contributed by atoms with Crippen molar-refractivity contribution in [1.82, 2.24) is 19.0 Å². The summed E-state index contributed by atoms with van der Waals surface area (Å²) >= 11 is 0. The topological polar surface area (TPSA) is 75.5 Å². The van der Waals surface area contributed by atoms with Gasteiger partial charge in [-0.2, -0.15) is 5.10 Å². The average molecular weight is 394 g/mol. The van der Waals surface area contributed by atoms with Crippen molar-refractivity contribution in [3.8, 4) is 5.69 Å². The van der Waals surface area contributed by atoms with E-state index in [9.17, 15) is 17.6 Å². The molecule has 0 bridgehead atoms. The molecule has 1 aliphatic rings. The molecule has 0 aliphatic carbocycles. The van der Waals surface area contributed by atoms with E-state index in [4.69, 9.17) is 0 Å². The third-order valence-corrected chi connectivity index (χ3v) is 7.04. The van der Waals surface area contributed by atoms with Gasteiger partial charge in [-0.15, -0.1) is 0 Å². The SMILES string of the molecule is Cc1nn(-c2cccc(F)c2)cc1C(=O)N1CCCC(S(=O)(=O)N(C)C)C1. The maximum Gasteiger partial charge on any atom is 0.257 e. The normalized spacial score (nSPS) is 18.1. The Hall–Kier alpha value is -2.26. The van der Waals surface area contributed by atoms with Crippen LogP contribution in [0.3, 0.4) is 0 Å². The quantitative estimate of drug-likeness (QED) is 0.793. The lowest BCUT2D eigenvalue weighted by atomic mass is 10.1. The molecule has 146 valence electrons. The van der Waals surface area contributed by atoms with Crippen molar-refractivity contribution in [2.45, 2.75) is 25.0 Å². The van der Waals surface area contributed by atoms with Crippen LogP contribution >= 0.6 is 0 Å². The lowest BCUT2D eigenvalue weighted by molar-refractivity contribution is 0.0725. The first-order chi connectivity index (χ1) is 12.7. The monoisotopic (exact) mass is 394 g/mol. The van der Waals surface area contributed by atoms with Crippen LogP contribution in [0.2, 0.25) is 0 Å². The molecule has 3 rings (SSSR count). The highest BCUT2D eigenvalue weighted by Gasteiger charge is 2.35. The van der Waals surface area contributed by atoms with Crippen LogP contribution in [0.1, 0.15) is 28.9 Å². The molecule has 7 nitrogen and oxygen atoms in total. The smallest absolute Gasteiger partial charge is 0.257 e. The molecule has 2 heterocycles. The summed E-state index contributed by atoms with van der Waals surface area (Å²) in [4.78, 5) is 14.5. The van der Waals surface area contributed by atoms with Gasteiger partial charge in [0.15, 0.2) is 0 Å². The molecule has 9 heteroatoms. The Morgan fingerprint density at radius 3 is 2.74 bits per heavy atom. The summed E-state index contributed by atoms with van der Waals surface area (Å²) in [6.45, 7) is 2.37. The number of amides is 1. The predicted octanol–water partition coefficient (Wildman–Crippen LogP) is 1.82. The summed E-state index contributed by atoms with van der Waals surface area (Å²) < 4.78 is 40.9. The number of hydrogen-bond donors (Lipinski definition) is 0. The first kappa shape index (κ1) is 19.5. The van der Waals surface area contributed by atoms with Crippen molar-refractivity contribution in [3.63, 3.8) is 0 Å². The molecule has 0 radical (unpaired) electrons. The maximum atomic E-state index is 13.5. The molecule has 1 unspecified atom stereocenters. The second kappa shape index (κ2) is 7.40. The molecule has 1 aromatic heterocycles. The minimum absolute atomic E-state index is 0.157. The van der Waals surface area contributed by atoms with Crippen molar-refractivity contribution >= 4 is 15.9 Å². The Kier molecular flexibility index (Phi) is 5.34. The zero-order valence-electron chi connectivity index (χ0n) is 15.6. The molecule has 1 atom stereocenters. The Bertz CT molecular complexity index is 955. The fourth-order valence-corrected chi connectivity index (χ4v) is 4.68. The van der Waals surface area contributed by atoms with Crippen molar-refractivity contribution in [2.75, 3.05) is 27.2 Å². The first-order valence-corrected chi connectivity index (χ1v) is 10.2. The lowest BCUT2D eigenvalue weighted by Crippen LogP contribution is -2.48. The Morgan fingerprint density at radius 2 is 2.07 bits per heavy atom. The highest BCUT2D eigenvalue weighted by atomic mass is 32.2. The largest absolute Gasteiger partial charge is 0.337 e. The maximum absolute atomic E-state index is 13.5. The fourth-order valence-electron chi connectivity index (χ4n) is 3.26. The standard InChI is InChI=1S/C18H23FN4O3S/c1-13-17(12-23(20-13)15-7-4-6-14(19)10-15)18(24)22-9-5-8-16(11-22)27(25,26)21(2)3/h4,6-7,10,12,16H,5,8-9,11H2,1-3H3. The van der Waals surface area contributed by atoms with E-state index >= 15 is 0 Å². The van der Waals surface area contributed by atoms with Gasteiger partial charge in [-0.1, -0.05) is 6.07 Å². The van der Waals surface area contributed by atoms with Gasteiger partial charge >= 0.3 is 0 Å². The molecule has 0 saturated carbocycles. The Labute approximate surface area is 158 Å². The molecule has 1 aromatic carbocycles. The number of likely N-dealkylation sites (tertiary alicyclic amines) is 1. The summed E-state index contributed by atoms with van der Waals surface area (Å²) in [6, 6.07) is 5.95. The molecular weight excluding hydrogens is 371 g/mol. The minimum atomic E-state index is -3.42. The molecule has 1 saturated heterocycles. The number of rotatable bonds is 4. The molecule has 1 amide bonds. The number of aromatic nitrogens is 2. The number of carbonyl (C=O) groups excluding carboxylic acids is 1. The Balaban J connectivity index is 1.84. The number of carbonyl (C=O) groups is 1. The van der Waals surface area contributed by atoms with Gasteiger partial charge in [-0.25, -0.2) is 21.8 Å². The molecular formula is C18H23FN4O3S. The van der Waals surface area contributed by atoms with Crippen LogP contribution in [0.4, 0.5) is 4.39 Å². The highest BCUT2D eigenvalue weighted by Crippen LogP contribution is 2.22. The lowest BCUT2D eigenvalue weighted by Gasteiger charge is -2.33. The van der Waals surface area contributed by atoms with Crippen LogP contribution in [0.5, 0.6) is 0 Å². The summed E-state index contributed by atoms with van der Waals surface area (Å²) in [6.07, 6.45) is 2.73. The summed E-state index contributed by atoms with van der Waals surface area (Å²) in [7, 11) is -0.418. The fraction of sp³-hybridized carbons (Fsp3) is 0.444. The van der Waals surface area contributed by atoms with E-state index in [0.29, 0.717) is 36.3 Å². The van der Waals surface area contributed by atoms with Gasteiger partial charge in [0.1, 0.15) is 5.82 Å². The van der Waals surface area contributed by atoms with Gasteiger partial charge in [-0.3, -0.25) is 4.79 Å². The summed E-state index contributed by atoms with van der Waals surface area (Å²) in [5.41, 5.74) is 1.42. The minimum Gasteiger partial charge on any atom is -0.337 e. The highest BCUT2D eigenvalue weighted by molar-refractivity contribution is 7.89. The molecule has 2 aromatic rings. The van der Waals surface area contributed by atoms with Crippen molar-refractivity contribution in [2.24, 2.45) is 0 Å². The van der Waals surface area contributed by atoms with Crippen molar-refractivity contribution < 1.29 is 17.6 Å². The van der Waals surface area contributed by atoms with Crippen molar-refractivity contribution in [3.05, 3.63) is 47.5 Å². The van der Waals surface area contributed by atoms with Crippen LogP contribution in [-0.2, 0) is 10.0 Å². The van der Waals surface area contributed by atoms with E-state index in [0.717, 1.165) is 0 Å². The van der Waals surface area contributed by atoms with Gasteiger partial charge in [0.2, 0.25) is 10.0 Å². The van der Waals surface area contributed by atoms with Crippen LogP contribution in [0.15, 0.2) is 30.5 Å². The summed E-state index contributed by atoms with van der Waals surface area (Å²) in [5, 5.41) is 3.70. The number of nitrogens with zero attached hydrogens (tertiary/aromatic N) is 4. The number of sulfonamides is 1. The van der Waals surface area contributed by atoms with Crippen molar-refractivity contribution in [1.29, 1.82) is 0 Å². The summed E-state index contributed by atoms with van der Waals surface area (Å²) in [5.74, 6) is -0.643. The van der Waals surface area contributed by atoms with E-state index < -0.39 is 15.3 Å². The number of halogens is 1. The van der Waals surface area contributed by atoms with E-state index in [2.05, 4.69) is 5.10 Å². The average Bonchev–Trinajstić information content (AvgIpc) is 3.03. The number of piperidine rings is 1. The predicted molar refractivity (Wildman–Crippen MR) is 99.8 cm³/mol.